The van der Waals surface area contributed by atoms with E-state index in [2.05, 4.69) is 265 Å². The van der Waals surface area contributed by atoms with Crippen molar-refractivity contribution in [3.8, 4) is 44.5 Å². The van der Waals surface area contributed by atoms with Gasteiger partial charge in [-0.25, -0.2) is 0 Å². The average Bonchev–Trinajstić information content (AvgIpc) is 3.38. The number of fused-ring (bicyclic) bond motifs is 2. The van der Waals surface area contributed by atoms with Gasteiger partial charge in [-0.3, -0.25) is 0 Å². The SMILES string of the molecule is C1=Cc2cccc(N(c3ccccc3)c3ccc(-c4ccc(-c5cccc(-c6ccc(-c7ccc(N(c8ccccc8)c8cccc9ccccc89)cc7)cc6)c5)cc4)cc3)c2CC1. The standard InChI is InChI=1S/C62H46N2/c1-3-20-55(21-4-1)63(61-26-12-16-51-14-7-9-24-59(51)61)57-40-36-47(37-41-57)45-28-32-49(33-29-45)53-18-11-19-54(44-53)50-34-30-46(31-35-50)48-38-42-58(43-39-48)64(56-22-5-2-6-23-56)62-27-13-17-52-15-8-10-25-60(52)62/h1-9,11-24,26-44H,10,25H2. The first-order valence-electron chi connectivity index (χ1n) is 22.2. The molecule has 0 fully saturated rings. The van der Waals surface area contributed by atoms with E-state index in [-0.39, 0.29) is 0 Å². The molecule has 0 amide bonds. The average molecular weight is 819 g/mol. The molecule has 1 aliphatic rings. The highest BCUT2D eigenvalue weighted by Crippen LogP contribution is 2.42. The maximum Gasteiger partial charge on any atom is 0.0540 e. The van der Waals surface area contributed by atoms with E-state index >= 15 is 0 Å². The molecule has 304 valence electrons. The van der Waals surface area contributed by atoms with E-state index < -0.39 is 0 Å². The smallest absolute Gasteiger partial charge is 0.0540 e. The predicted octanol–water partition coefficient (Wildman–Crippen LogP) is 17.4. The molecule has 2 nitrogen and oxygen atoms in total. The van der Waals surface area contributed by atoms with Crippen LogP contribution in [0.4, 0.5) is 34.1 Å². The van der Waals surface area contributed by atoms with Crippen LogP contribution in [-0.4, -0.2) is 0 Å². The van der Waals surface area contributed by atoms with Gasteiger partial charge in [0.1, 0.15) is 0 Å². The molecule has 10 aromatic carbocycles. The third-order valence-electron chi connectivity index (χ3n) is 12.5. The maximum atomic E-state index is 2.40. The Morgan fingerprint density at radius 2 is 0.703 bits per heavy atom. The van der Waals surface area contributed by atoms with E-state index in [1.807, 2.05) is 0 Å². The Bertz CT molecular complexity index is 3220. The van der Waals surface area contributed by atoms with Crippen molar-refractivity contribution in [1.29, 1.82) is 0 Å². The lowest BCUT2D eigenvalue weighted by molar-refractivity contribution is 0.979. The maximum absolute atomic E-state index is 2.40. The van der Waals surface area contributed by atoms with Crippen molar-refractivity contribution in [2.75, 3.05) is 9.80 Å². The van der Waals surface area contributed by atoms with Gasteiger partial charge in [-0.1, -0.05) is 188 Å². The predicted molar refractivity (Wildman–Crippen MR) is 272 cm³/mol. The van der Waals surface area contributed by atoms with Crippen LogP contribution in [0.5, 0.6) is 0 Å². The molecule has 0 aromatic heterocycles. The molecule has 64 heavy (non-hydrogen) atoms. The molecule has 0 aliphatic heterocycles. The quantitative estimate of drug-likeness (QED) is 0.136. The van der Waals surface area contributed by atoms with Gasteiger partial charge >= 0.3 is 0 Å². The second-order valence-electron chi connectivity index (χ2n) is 16.5. The first-order chi connectivity index (χ1) is 31.7. The molecular weight excluding hydrogens is 773 g/mol. The van der Waals surface area contributed by atoms with Gasteiger partial charge in [0.2, 0.25) is 0 Å². The van der Waals surface area contributed by atoms with Gasteiger partial charge in [0.05, 0.1) is 5.69 Å². The molecule has 0 unspecified atom stereocenters. The van der Waals surface area contributed by atoms with Crippen LogP contribution in [0.25, 0.3) is 61.4 Å². The number of nitrogens with zero attached hydrogens (tertiary/aromatic N) is 2. The van der Waals surface area contributed by atoms with Crippen molar-refractivity contribution < 1.29 is 0 Å². The van der Waals surface area contributed by atoms with Gasteiger partial charge in [0.15, 0.2) is 0 Å². The minimum Gasteiger partial charge on any atom is -0.310 e. The third kappa shape index (κ3) is 7.67. The largest absolute Gasteiger partial charge is 0.310 e. The van der Waals surface area contributed by atoms with E-state index in [4.69, 9.17) is 0 Å². The summed E-state index contributed by atoms with van der Waals surface area (Å²) in [5.74, 6) is 0. The third-order valence-corrected chi connectivity index (χ3v) is 12.5. The van der Waals surface area contributed by atoms with Crippen LogP contribution < -0.4 is 9.80 Å². The van der Waals surface area contributed by atoms with E-state index in [1.54, 1.807) is 0 Å². The number of anilines is 6. The van der Waals surface area contributed by atoms with E-state index in [9.17, 15) is 0 Å². The number of hydrogen-bond acceptors (Lipinski definition) is 2. The lowest BCUT2D eigenvalue weighted by Gasteiger charge is -2.29. The molecule has 10 aromatic rings. The van der Waals surface area contributed by atoms with Gasteiger partial charge in [0.25, 0.3) is 0 Å². The highest BCUT2D eigenvalue weighted by molar-refractivity contribution is 5.99. The molecule has 1 aliphatic carbocycles. The summed E-state index contributed by atoms with van der Waals surface area (Å²) in [6.07, 6.45) is 6.66. The number of hydrogen-bond donors (Lipinski definition) is 0. The molecule has 0 N–H and O–H groups in total. The Hall–Kier alpha value is -8.20. The Labute approximate surface area is 376 Å². The molecule has 0 saturated heterocycles. The number of para-hydroxylation sites is 2. The van der Waals surface area contributed by atoms with Crippen LogP contribution in [0, 0.1) is 0 Å². The van der Waals surface area contributed by atoms with Crippen molar-refractivity contribution in [3.63, 3.8) is 0 Å². The second kappa shape index (κ2) is 17.3. The molecule has 11 rings (SSSR count). The first kappa shape index (κ1) is 38.7. The van der Waals surface area contributed by atoms with E-state index in [1.165, 1.54) is 72.1 Å². The lowest BCUT2D eigenvalue weighted by Crippen LogP contribution is -2.13. The summed E-state index contributed by atoms with van der Waals surface area (Å²) in [6.45, 7) is 0. The van der Waals surface area contributed by atoms with Crippen LogP contribution in [0.2, 0.25) is 0 Å². The zero-order valence-corrected chi connectivity index (χ0v) is 35.6. The van der Waals surface area contributed by atoms with Crippen LogP contribution in [0.15, 0.2) is 249 Å². The number of rotatable bonds is 10. The van der Waals surface area contributed by atoms with Gasteiger partial charge in [-0.15, -0.1) is 0 Å². The molecule has 0 bridgehead atoms. The molecule has 0 atom stereocenters. The Morgan fingerprint density at radius 1 is 0.297 bits per heavy atom. The van der Waals surface area contributed by atoms with Crippen molar-refractivity contribution in [1.82, 2.24) is 0 Å². The van der Waals surface area contributed by atoms with Gasteiger partial charge < -0.3 is 9.80 Å². The van der Waals surface area contributed by atoms with Gasteiger partial charge in [0, 0.05) is 33.8 Å². The zero-order valence-electron chi connectivity index (χ0n) is 35.6. The lowest BCUT2D eigenvalue weighted by atomic mass is 9.94. The molecular formula is C62H46N2. The summed E-state index contributed by atoms with van der Waals surface area (Å²) < 4.78 is 0. The summed E-state index contributed by atoms with van der Waals surface area (Å²) in [5, 5.41) is 2.45. The van der Waals surface area contributed by atoms with Crippen LogP contribution >= 0.6 is 0 Å². The van der Waals surface area contributed by atoms with Crippen molar-refractivity contribution >= 4 is 51.0 Å². The van der Waals surface area contributed by atoms with E-state index in [0.29, 0.717) is 0 Å². The highest BCUT2D eigenvalue weighted by Gasteiger charge is 2.19. The minimum absolute atomic E-state index is 1.05. The highest BCUT2D eigenvalue weighted by atomic mass is 15.1. The summed E-state index contributed by atoms with van der Waals surface area (Å²) >= 11 is 0. The Morgan fingerprint density at radius 3 is 1.27 bits per heavy atom. The van der Waals surface area contributed by atoms with Gasteiger partial charge in [-0.2, -0.15) is 0 Å². The van der Waals surface area contributed by atoms with Crippen LogP contribution in [-0.2, 0) is 6.42 Å². The number of benzene rings is 10. The molecule has 0 saturated carbocycles. The summed E-state index contributed by atoms with van der Waals surface area (Å²) in [4.78, 5) is 4.75. The van der Waals surface area contributed by atoms with Crippen molar-refractivity contribution in [3.05, 3.63) is 260 Å². The first-order valence-corrected chi connectivity index (χ1v) is 22.2. The summed E-state index contributed by atoms with van der Waals surface area (Å²) in [7, 11) is 0. The fraction of sp³-hybridized carbons (Fsp3) is 0.0323. The topological polar surface area (TPSA) is 6.48 Å². The van der Waals surface area contributed by atoms with Crippen LogP contribution in [0.3, 0.4) is 0 Å². The Kier molecular flexibility index (Phi) is 10.5. The normalized spacial score (nSPS) is 11.9. The fourth-order valence-corrected chi connectivity index (χ4v) is 9.27. The summed E-state index contributed by atoms with van der Waals surface area (Å²) in [6, 6.07) is 87.9. The second-order valence-corrected chi connectivity index (χ2v) is 16.5. The Balaban J connectivity index is 0.812. The fourth-order valence-electron chi connectivity index (χ4n) is 9.27. The van der Waals surface area contributed by atoms with E-state index in [0.717, 1.165) is 41.3 Å². The minimum atomic E-state index is 1.05. The summed E-state index contributed by atoms with van der Waals surface area (Å²) in [5.41, 5.74) is 19.3. The molecule has 0 radical (unpaired) electrons. The molecule has 2 heteroatoms. The molecule has 0 heterocycles. The van der Waals surface area contributed by atoms with Crippen molar-refractivity contribution in [2.45, 2.75) is 12.8 Å². The van der Waals surface area contributed by atoms with Gasteiger partial charge in [-0.05, 0) is 141 Å². The van der Waals surface area contributed by atoms with Crippen LogP contribution in [0.1, 0.15) is 17.5 Å². The molecule has 0 spiro atoms. The number of allylic oxidation sites excluding steroid dienone is 1. The zero-order chi connectivity index (χ0) is 42.7. The van der Waals surface area contributed by atoms with Crippen molar-refractivity contribution in [2.24, 2.45) is 0 Å². The monoisotopic (exact) mass is 818 g/mol.